The first-order valence-electron chi connectivity index (χ1n) is 11.3. The van der Waals surface area contributed by atoms with Crippen molar-refractivity contribution in [2.75, 3.05) is 29.9 Å². The average molecular weight is 402 g/mol. The van der Waals surface area contributed by atoms with Crippen molar-refractivity contribution < 1.29 is 9.53 Å². The lowest BCUT2D eigenvalue weighted by molar-refractivity contribution is -0.119. The van der Waals surface area contributed by atoms with Crippen LogP contribution in [0, 0.1) is 11.8 Å². The van der Waals surface area contributed by atoms with Crippen LogP contribution in [-0.2, 0) is 22.4 Å². The number of piperidine rings is 1. The highest BCUT2D eigenvalue weighted by molar-refractivity contribution is 5.74. The summed E-state index contributed by atoms with van der Waals surface area (Å²) >= 11 is 0. The maximum Gasteiger partial charge on any atom is 0.227 e. The van der Waals surface area contributed by atoms with Crippen LogP contribution < -0.4 is 16.0 Å². The zero-order valence-electron chi connectivity index (χ0n) is 17.8. The van der Waals surface area contributed by atoms with E-state index in [4.69, 9.17) is 20.4 Å². The van der Waals surface area contributed by atoms with Crippen LogP contribution in [0.1, 0.15) is 63.6 Å². The van der Waals surface area contributed by atoms with E-state index in [1.54, 1.807) is 0 Å². The molecular formula is C22H35N5O2. The second kappa shape index (κ2) is 8.86. The van der Waals surface area contributed by atoms with Gasteiger partial charge in [-0.1, -0.05) is 6.92 Å². The Bertz CT molecular complexity index is 726. The van der Waals surface area contributed by atoms with E-state index in [1.807, 2.05) is 0 Å². The molecule has 0 bridgehead atoms. The lowest BCUT2D eigenvalue weighted by Crippen LogP contribution is -2.40. The van der Waals surface area contributed by atoms with E-state index >= 15 is 0 Å². The molecule has 1 aliphatic heterocycles. The molecule has 1 unspecified atom stereocenters. The third-order valence-electron chi connectivity index (χ3n) is 6.70. The van der Waals surface area contributed by atoms with Gasteiger partial charge in [0.05, 0.1) is 11.8 Å². The van der Waals surface area contributed by atoms with Crippen molar-refractivity contribution in [3.8, 4) is 0 Å². The van der Waals surface area contributed by atoms with Crippen LogP contribution in [0.3, 0.4) is 0 Å². The number of primary amides is 1. The fraction of sp³-hybridized carbons (Fsp3) is 0.773. The molecule has 7 nitrogen and oxygen atoms in total. The highest BCUT2D eigenvalue weighted by Gasteiger charge is 2.32. The molecule has 0 spiro atoms. The third kappa shape index (κ3) is 4.82. The number of nitrogens with one attached hydrogen (secondary N) is 1. The molecule has 1 aromatic rings. The first-order valence-corrected chi connectivity index (χ1v) is 11.3. The summed E-state index contributed by atoms with van der Waals surface area (Å²) < 4.78 is 5.79. The zero-order chi connectivity index (χ0) is 20.4. The Morgan fingerprint density at radius 1 is 1.24 bits per heavy atom. The number of nitrogens with zero attached hydrogens (tertiary/aromatic N) is 3. The molecule has 1 aromatic heterocycles. The summed E-state index contributed by atoms with van der Waals surface area (Å²) in [6.45, 7) is 7.05. The Morgan fingerprint density at radius 3 is 2.69 bits per heavy atom. The number of ether oxygens (including phenoxy) is 1. The second-order valence-electron chi connectivity index (χ2n) is 9.14. The van der Waals surface area contributed by atoms with Gasteiger partial charge in [-0.2, -0.15) is 4.98 Å². The molecule has 7 heteroatoms. The van der Waals surface area contributed by atoms with Crippen molar-refractivity contribution in [2.45, 2.75) is 77.4 Å². The van der Waals surface area contributed by atoms with Gasteiger partial charge in [-0.05, 0) is 63.7 Å². The maximum absolute atomic E-state index is 11.1. The minimum absolute atomic E-state index is 0.195. The summed E-state index contributed by atoms with van der Waals surface area (Å²) in [5, 5.41) is 3.68. The Labute approximate surface area is 173 Å². The van der Waals surface area contributed by atoms with E-state index in [-0.39, 0.29) is 5.91 Å². The first kappa shape index (κ1) is 20.4. The Balaban J connectivity index is 1.48. The summed E-state index contributed by atoms with van der Waals surface area (Å²) in [5.41, 5.74) is 7.86. The van der Waals surface area contributed by atoms with Gasteiger partial charge in [-0.25, -0.2) is 4.98 Å². The largest absolute Gasteiger partial charge is 0.378 e. The fourth-order valence-electron chi connectivity index (χ4n) is 4.99. The van der Waals surface area contributed by atoms with Crippen molar-refractivity contribution in [3.63, 3.8) is 0 Å². The zero-order valence-corrected chi connectivity index (χ0v) is 17.8. The van der Waals surface area contributed by atoms with Gasteiger partial charge in [0.2, 0.25) is 11.9 Å². The van der Waals surface area contributed by atoms with Crippen LogP contribution in [0.25, 0.3) is 0 Å². The van der Waals surface area contributed by atoms with E-state index in [1.165, 1.54) is 17.7 Å². The monoisotopic (exact) mass is 401 g/mol. The van der Waals surface area contributed by atoms with E-state index in [0.29, 0.717) is 30.4 Å². The van der Waals surface area contributed by atoms with E-state index in [0.717, 1.165) is 70.0 Å². The number of rotatable bonds is 7. The van der Waals surface area contributed by atoms with Gasteiger partial charge in [0.1, 0.15) is 5.82 Å². The van der Waals surface area contributed by atoms with Gasteiger partial charge >= 0.3 is 0 Å². The molecule has 0 radical (unpaired) electrons. The van der Waals surface area contributed by atoms with Gasteiger partial charge in [0.15, 0.2) is 0 Å². The molecule has 1 amide bonds. The number of fused-ring (bicyclic) bond motifs is 1. The molecule has 1 saturated heterocycles. The van der Waals surface area contributed by atoms with Crippen molar-refractivity contribution in [2.24, 2.45) is 17.6 Å². The molecule has 1 saturated carbocycles. The van der Waals surface area contributed by atoms with Gasteiger partial charge in [0, 0.05) is 37.7 Å². The van der Waals surface area contributed by atoms with Crippen LogP contribution in [0.5, 0.6) is 0 Å². The van der Waals surface area contributed by atoms with Crippen molar-refractivity contribution in [3.05, 3.63) is 11.3 Å². The van der Waals surface area contributed by atoms with Crippen LogP contribution in [0.15, 0.2) is 0 Å². The smallest absolute Gasteiger partial charge is 0.227 e. The quantitative estimate of drug-likeness (QED) is 0.730. The van der Waals surface area contributed by atoms with Gasteiger partial charge in [-0.15, -0.1) is 0 Å². The highest BCUT2D eigenvalue weighted by Crippen LogP contribution is 2.36. The van der Waals surface area contributed by atoms with Crippen molar-refractivity contribution in [1.82, 2.24) is 9.97 Å². The number of nitrogens with two attached hydrogens (primary N) is 1. The Kier molecular flexibility index (Phi) is 6.23. The maximum atomic E-state index is 11.1. The van der Waals surface area contributed by atoms with Crippen LogP contribution in [0.4, 0.5) is 11.8 Å². The SMILES string of the molecule is CCOC1CCN(c2nc3c(c(NC4CC(CC(N)=O)C4)n2)CCC(C)C3)CC1. The van der Waals surface area contributed by atoms with Crippen LogP contribution in [0.2, 0.25) is 0 Å². The summed E-state index contributed by atoms with van der Waals surface area (Å²) in [4.78, 5) is 23.4. The lowest BCUT2D eigenvalue weighted by Gasteiger charge is -2.37. The normalized spacial score (nSPS) is 27.2. The van der Waals surface area contributed by atoms with Crippen LogP contribution in [-0.4, -0.2) is 47.7 Å². The molecule has 29 heavy (non-hydrogen) atoms. The predicted molar refractivity (Wildman–Crippen MR) is 114 cm³/mol. The standard InChI is InChI=1S/C22H35N5O2/c1-3-29-17-6-8-27(9-7-17)22-25-19-10-14(2)4-5-18(19)21(26-22)24-16-11-15(12-16)13-20(23)28/h14-17H,3-13H2,1-2H3,(H2,23,28)(H,24,25,26). The molecule has 3 aliphatic rings. The minimum atomic E-state index is -0.195. The number of hydrogen-bond donors (Lipinski definition) is 2. The summed E-state index contributed by atoms with van der Waals surface area (Å²) in [6, 6.07) is 0.384. The second-order valence-corrected chi connectivity index (χ2v) is 9.14. The lowest BCUT2D eigenvalue weighted by atomic mass is 9.78. The van der Waals surface area contributed by atoms with Gasteiger partial charge in [0.25, 0.3) is 0 Å². The summed E-state index contributed by atoms with van der Waals surface area (Å²) in [5.74, 6) is 2.78. The van der Waals surface area contributed by atoms with Crippen molar-refractivity contribution in [1.29, 1.82) is 0 Å². The molecular weight excluding hydrogens is 366 g/mol. The van der Waals surface area contributed by atoms with E-state index in [9.17, 15) is 4.79 Å². The molecule has 4 rings (SSSR count). The average Bonchev–Trinajstić information content (AvgIpc) is 2.66. The van der Waals surface area contributed by atoms with E-state index in [2.05, 4.69) is 24.1 Å². The third-order valence-corrected chi connectivity index (χ3v) is 6.70. The number of carbonyl (C=O) groups is 1. The highest BCUT2D eigenvalue weighted by atomic mass is 16.5. The summed E-state index contributed by atoms with van der Waals surface area (Å²) in [6.07, 6.45) is 8.18. The number of hydrogen-bond acceptors (Lipinski definition) is 6. The molecule has 160 valence electrons. The van der Waals surface area contributed by atoms with Crippen molar-refractivity contribution >= 4 is 17.7 Å². The predicted octanol–water partition coefficient (Wildman–Crippen LogP) is 2.67. The summed E-state index contributed by atoms with van der Waals surface area (Å²) in [7, 11) is 0. The number of amides is 1. The fourth-order valence-corrected chi connectivity index (χ4v) is 4.99. The minimum Gasteiger partial charge on any atom is -0.378 e. The number of anilines is 2. The topological polar surface area (TPSA) is 93.4 Å². The Morgan fingerprint density at radius 2 is 2.00 bits per heavy atom. The number of aromatic nitrogens is 2. The first-order chi connectivity index (χ1) is 14.0. The van der Waals surface area contributed by atoms with Gasteiger partial charge in [-0.3, -0.25) is 4.79 Å². The van der Waals surface area contributed by atoms with Crippen LogP contribution >= 0.6 is 0 Å². The Hall–Kier alpha value is -1.89. The molecule has 0 aromatic carbocycles. The molecule has 1 atom stereocenters. The molecule has 2 aliphatic carbocycles. The molecule has 3 N–H and O–H groups in total. The van der Waals surface area contributed by atoms with E-state index < -0.39 is 0 Å². The van der Waals surface area contributed by atoms with Gasteiger partial charge < -0.3 is 20.7 Å². The number of carbonyl (C=O) groups excluding carboxylic acids is 1. The molecule has 2 fully saturated rings. The molecule has 2 heterocycles.